The highest BCUT2D eigenvalue weighted by molar-refractivity contribution is 6.58. The summed E-state index contributed by atoms with van der Waals surface area (Å²) in [5.74, 6) is -1.45. The third-order valence-corrected chi connectivity index (χ3v) is 5.12. The first-order valence-corrected chi connectivity index (χ1v) is 10.3. The Labute approximate surface area is 194 Å². The number of aromatic nitrogens is 2. The van der Waals surface area contributed by atoms with Crippen molar-refractivity contribution in [1.29, 1.82) is 0 Å². The zero-order valence-electron chi connectivity index (χ0n) is 18.1. The van der Waals surface area contributed by atoms with E-state index in [1.165, 1.54) is 24.4 Å². The number of carboxylic acids is 1. The van der Waals surface area contributed by atoms with Crippen LogP contribution in [0.15, 0.2) is 78.0 Å². The van der Waals surface area contributed by atoms with Gasteiger partial charge in [-0.3, -0.25) is 5.43 Å². The molecule has 0 saturated heterocycles. The third kappa shape index (κ3) is 5.03. The average Bonchev–Trinajstić information content (AvgIpc) is 3.24. The Morgan fingerprint density at radius 1 is 1.09 bits per heavy atom. The normalized spacial score (nSPS) is 11.1. The SMILES string of the molecule is Cc1ccc(N/N=C/c2cn(-c3ccc(C(=O)O)cc3)nc2-c2ccc(B(O)O)cc2)c(F)c1. The molecule has 34 heavy (non-hydrogen) atoms. The Balaban J connectivity index is 1.69. The van der Waals surface area contributed by atoms with Crippen molar-refractivity contribution in [2.45, 2.75) is 6.92 Å². The number of aromatic carboxylic acids is 1. The summed E-state index contributed by atoms with van der Waals surface area (Å²) in [7, 11) is -1.59. The highest BCUT2D eigenvalue weighted by Gasteiger charge is 2.15. The number of halogens is 1. The molecule has 0 radical (unpaired) electrons. The summed E-state index contributed by atoms with van der Waals surface area (Å²) in [6, 6.07) is 17.5. The van der Waals surface area contributed by atoms with Crippen molar-refractivity contribution < 1.29 is 24.3 Å². The Bertz CT molecular complexity index is 1350. The standard InChI is InChI=1S/C24H20BFN4O4/c1-15-2-11-22(21(26)12-15)28-27-13-18-14-30(20-9-5-17(6-10-20)24(31)32)29-23(18)16-3-7-19(8-4-16)25(33)34/h2-14,28,33-34H,1H3,(H,31,32)/b27-13+. The lowest BCUT2D eigenvalue weighted by molar-refractivity contribution is 0.0697. The van der Waals surface area contributed by atoms with Crippen LogP contribution in [0.4, 0.5) is 10.1 Å². The van der Waals surface area contributed by atoms with Crippen molar-refractivity contribution in [1.82, 2.24) is 9.78 Å². The van der Waals surface area contributed by atoms with Crippen molar-refractivity contribution in [3.63, 3.8) is 0 Å². The van der Waals surface area contributed by atoms with Gasteiger partial charge in [0.25, 0.3) is 0 Å². The minimum atomic E-state index is -1.59. The molecule has 0 atom stereocenters. The van der Waals surface area contributed by atoms with Crippen molar-refractivity contribution in [2.75, 3.05) is 5.43 Å². The van der Waals surface area contributed by atoms with Crippen LogP contribution in [0.25, 0.3) is 16.9 Å². The van der Waals surface area contributed by atoms with Gasteiger partial charge in [0.2, 0.25) is 0 Å². The maximum atomic E-state index is 14.1. The number of benzene rings is 3. The van der Waals surface area contributed by atoms with Gasteiger partial charge in [0, 0.05) is 17.3 Å². The monoisotopic (exact) mass is 458 g/mol. The molecule has 4 N–H and O–H groups in total. The minimum Gasteiger partial charge on any atom is -0.478 e. The lowest BCUT2D eigenvalue weighted by Crippen LogP contribution is -2.29. The zero-order chi connectivity index (χ0) is 24.2. The van der Waals surface area contributed by atoms with Gasteiger partial charge in [0.05, 0.1) is 23.2 Å². The summed E-state index contributed by atoms with van der Waals surface area (Å²) in [5, 5.41) is 36.6. The molecule has 10 heteroatoms. The third-order valence-electron chi connectivity index (χ3n) is 5.12. The number of hydrogen-bond acceptors (Lipinski definition) is 6. The van der Waals surface area contributed by atoms with Gasteiger partial charge in [-0.15, -0.1) is 0 Å². The predicted molar refractivity (Wildman–Crippen MR) is 128 cm³/mol. The molecule has 170 valence electrons. The van der Waals surface area contributed by atoms with Crippen LogP contribution in [0.2, 0.25) is 0 Å². The second-order valence-corrected chi connectivity index (χ2v) is 7.58. The molecule has 1 heterocycles. The Hall–Kier alpha value is -4.28. The van der Waals surface area contributed by atoms with E-state index in [0.717, 1.165) is 5.56 Å². The molecule has 3 aromatic carbocycles. The van der Waals surface area contributed by atoms with Crippen molar-refractivity contribution in [2.24, 2.45) is 5.10 Å². The molecule has 4 aromatic rings. The number of rotatable bonds is 7. The van der Waals surface area contributed by atoms with E-state index < -0.39 is 18.9 Å². The molecule has 0 aliphatic heterocycles. The van der Waals surface area contributed by atoms with Crippen LogP contribution in [0, 0.1) is 12.7 Å². The van der Waals surface area contributed by atoms with E-state index in [2.05, 4.69) is 15.6 Å². The highest BCUT2D eigenvalue weighted by Crippen LogP contribution is 2.23. The fourth-order valence-electron chi connectivity index (χ4n) is 3.29. The lowest BCUT2D eigenvalue weighted by Gasteiger charge is -2.04. The van der Waals surface area contributed by atoms with E-state index in [9.17, 15) is 19.2 Å². The van der Waals surface area contributed by atoms with Crippen molar-refractivity contribution in [3.05, 3.63) is 95.4 Å². The van der Waals surface area contributed by atoms with Crippen LogP contribution in [0.5, 0.6) is 0 Å². The molecule has 0 fully saturated rings. The van der Waals surface area contributed by atoms with Gasteiger partial charge in [0.15, 0.2) is 0 Å². The Kier molecular flexibility index (Phi) is 6.53. The summed E-state index contributed by atoms with van der Waals surface area (Å²) in [6.07, 6.45) is 3.20. The largest absolute Gasteiger partial charge is 0.488 e. The molecular formula is C24H20BFN4O4. The van der Waals surface area contributed by atoms with Crippen LogP contribution in [0.3, 0.4) is 0 Å². The van der Waals surface area contributed by atoms with Gasteiger partial charge in [-0.2, -0.15) is 10.2 Å². The number of aryl methyl sites for hydroxylation is 1. The summed E-state index contributed by atoms with van der Waals surface area (Å²) >= 11 is 0. The molecule has 4 rings (SSSR count). The second kappa shape index (κ2) is 9.69. The van der Waals surface area contributed by atoms with Gasteiger partial charge in [-0.1, -0.05) is 30.3 Å². The first kappa shape index (κ1) is 22.9. The number of carboxylic acid groups (broad SMARTS) is 1. The summed E-state index contributed by atoms with van der Waals surface area (Å²) in [5.41, 5.74) is 6.64. The molecule has 0 saturated carbocycles. The zero-order valence-corrected chi connectivity index (χ0v) is 18.1. The topological polar surface area (TPSA) is 120 Å². The van der Waals surface area contributed by atoms with Crippen molar-refractivity contribution in [3.8, 4) is 16.9 Å². The fourth-order valence-corrected chi connectivity index (χ4v) is 3.29. The molecular weight excluding hydrogens is 438 g/mol. The minimum absolute atomic E-state index is 0.153. The molecule has 0 aliphatic rings. The van der Waals surface area contributed by atoms with Crippen LogP contribution < -0.4 is 10.9 Å². The van der Waals surface area contributed by atoms with Gasteiger partial charge in [-0.25, -0.2) is 13.9 Å². The van der Waals surface area contributed by atoms with E-state index in [-0.39, 0.29) is 11.3 Å². The van der Waals surface area contributed by atoms with E-state index in [1.807, 2.05) is 0 Å². The van der Waals surface area contributed by atoms with Gasteiger partial charge >= 0.3 is 13.1 Å². The smallest absolute Gasteiger partial charge is 0.478 e. The maximum absolute atomic E-state index is 14.1. The quantitative estimate of drug-likeness (QED) is 0.192. The van der Waals surface area contributed by atoms with Crippen LogP contribution in [-0.4, -0.2) is 44.2 Å². The van der Waals surface area contributed by atoms with Gasteiger partial charge in [0.1, 0.15) is 11.5 Å². The first-order chi connectivity index (χ1) is 16.3. The molecule has 0 spiro atoms. The van der Waals surface area contributed by atoms with Crippen LogP contribution in [0.1, 0.15) is 21.5 Å². The lowest BCUT2D eigenvalue weighted by atomic mass is 9.80. The summed E-state index contributed by atoms with van der Waals surface area (Å²) in [6.45, 7) is 1.79. The molecule has 0 aliphatic carbocycles. The molecule has 8 nitrogen and oxygen atoms in total. The Morgan fingerprint density at radius 2 is 1.79 bits per heavy atom. The second-order valence-electron chi connectivity index (χ2n) is 7.58. The van der Waals surface area contributed by atoms with E-state index in [1.54, 1.807) is 66.3 Å². The number of carbonyl (C=O) groups is 1. The summed E-state index contributed by atoms with van der Waals surface area (Å²) < 4.78 is 15.7. The number of hydrazone groups is 1. The van der Waals surface area contributed by atoms with Gasteiger partial charge in [-0.05, 0) is 54.3 Å². The van der Waals surface area contributed by atoms with E-state index >= 15 is 0 Å². The number of hydrogen-bond donors (Lipinski definition) is 4. The first-order valence-electron chi connectivity index (χ1n) is 10.3. The van der Waals surface area contributed by atoms with Crippen LogP contribution in [-0.2, 0) is 0 Å². The average molecular weight is 458 g/mol. The van der Waals surface area contributed by atoms with E-state index in [0.29, 0.717) is 28.0 Å². The highest BCUT2D eigenvalue weighted by atomic mass is 19.1. The maximum Gasteiger partial charge on any atom is 0.488 e. The Morgan fingerprint density at radius 3 is 2.41 bits per heavy atom. The van der Waals surface area contributed by atoms with Gasteiger partial charge < -0.3 is 15.2 Å². The van der Waals surface area contributed by atoms with E-state index in [4.69, 9.17) is 5.11 Å². The number of nitrogens with one attached hydrogen (secondary N) is 1. The fraction of sp³-hybridized carbons (Fsp3) is 0.0417. The van der Waals surface area contributed by atoms with Crippen LogP contribution >= 0.6 is 0 Å². The molecule has 1 aromatic heterocycles. The number of nitrogens with zero attached hydrogens (tertiary/aromatic N) is 3. The molecule has 0 bridgehead atoms. The molecule has 0 amide bonds. The number of anilines is 1. The van der Waals surface area contributed by atoms with Crippen molar-refractivity contribution >= 4 is 30.5 Å². The summed E-state index contributed by atoms with van der Waals surface area (Å²) in [4.78, 5) is 11.1. The predicted octanol–water partition coefficient (Wildman–Crippen LogP) is 2.81. The molecule has 0 unspecified atom stereocenters.